The molecule has 2 unspecified atom stereocenters. The Bertz CT molecular complexity index is 1010. The minimum atomic E-state index is -0.913. The Labute approximate surface area is 181 Å². The van der Waals surface area contributed by atoms with Gasteiger partial charge in [-0.2, -0.15) is 0 Å². The van der Waals surface area contributed by atoms with Crippen molar-refractivity contribution in [2.75, 3.05) is 0 Å². The minimum absolute atomic E-state index is 0.0538. The van der Waals surface area contributed by atoms with Crippen molar-refractivity contribution in [2.45, 2.75) is 58.0 Å². The van der Waals surface area contributed by atoms with Gasteiger partial charge in [-0.3, -0.25) is 0 Å². The number of aryl methyl sites for hydroxylation is 1. The third-order valence-corrected chi connectivity index (χ3v) is 5.66. The van der Waals surface area contributed by atoms with Crippen LogP contribution in [0.5, 0.6) is 0 Å². The average molecular weight is 421 g/mol. The van der Waals surface area contributed by atoms with E-state index in [4.69, 9.17) is 13.9 Å². The molecule has 1 saturated carbocycles. The first kappa shape index (κ1) is 21.3. The number of carbonyl (C=O) groups is 1. The van der Waals surface area contributed by atoms with Crippen LogP contribution >= 0.6 is 0 Å². The van der Waals surface area contributed by atoms with Crippen molar-refractivity contribution < 1.29 is 23.8 Å². The van der Waals surface area contributed by atoms with E-state index < -0.39 is 5.97 Å². The maximum Gasteiger partial charge on any atom is 0.336 e. The number of benzene rings is 2. The highest BCUT2D eigenvalue weighted by atomic mass is 16.5. The molecule has 0 aliphatic heterocycles. The number of nitrogens with zero attached hydrogens (tertiary/aromatic N) is 1. The van der Waals surface area contributed by atoms with Gasteiger partial charge in [-0.15, -0.1) is 0 Å². The first-order chi connectivity index (χ1) is 15.1. The maximum atomic E-state index is 11.6. The van der Waals surface area contributed by atoms with Crippen LogP contribution in [0.4, 0.5) is 0 Å². The summed E-state index contributed by atoms with van der Waals surface area (Å²) in [5.74, 6) is -0.319. The van der Waals surface area contributed by atoms with Crippen molar-refractivity contribution in [2.24, 2.45) is 0 Å². The second-order valence-corrected chi connectivity index (χ2v) is 7.96. The summed E-state index contributed by atoms with van der Waals surface area (Å²) in [6.07, 6.45) is 5.53. The van der Waals surface area contributed by atoms with Gasteiger partial charge >= 0.3 is 5.97 Å². The predicted octanol–water partition coefficient (Wildman–Crippen LogP) is 5.39. The van der Waals surface area contributed by atoms with Gasteiger partial charge in [0.25, 0.3) is 0 Å². The van der Waals surface area contributed by atoms with Crippen molar-refractivity contribution in [3.63, 3.8) is 0 Å². The first-order valence-corrected chi connectivity index (χ1v) is 10.6. The molecule has 1 N–H and O–H groups in total. The average Bonchev–Trinajstić information content (AvgIpc) is 3.26. The van der Waals surface area contributed by atoms with Gasteiger partial charge in [0.05, 0.1) is 31.0 Å². The molecular weight excluding hydrogens is 394 g/mol. The van der Waals surface area contributed by atoms with Gasteiger partial charge in [-0.1, -0.05) is 36.4 Å². The van der Waals surface area contributed by atoms with Crippen LogP contribution in [0.25, 0.3) is 11.5 Å². The molecule has 0 bridgehead atoms. The Hall–Kier alpha value is -2.96. The van der Waals surface area contributed by atoms with Gasteiger partial charge in [0.1, 0.15) is 12.0 Å². The summed E-state index contributed by atoms with van der Waals surface area (Å²) in [5, 5.41) is 9.49. The number of oxazole rings is 1. The zero-order valence-corrected chi connectivity index (χ0v) is 17.6. The van der Waals surface area contributed by atoms with Gasteiger partial charge in [-0.25, -0.2) is 9.78 Å². The van der Waals surface area contributed by atoms with Gasteiger partial charge in [0.2, 0.25) is 5.89 Å². The monoisotopic (exact) mass is 421 g/mol. The van der Waals surface area contributed by atoms with Gasteiger partial charge < -0.3 is 19.0 Å². The van der Waals surface area contributed by atoms with E-state index in [1.54, 1.807) is 6.26 Å². The van der Waals surface area contributed by atoms with E-state index in [2.05, 4.69) is 4.98 Å². The molecule has 4 rings (SSSR count). The summed E-state index contributed by atoms with van der Waals surface area (Å²) in [6, 6.07) is 15.3. The lowest BCUT2D eigenvalue weighted by Crippen LogP contribution is -2.28. The van der Waals surface area contributed by atoms with Gasteiger partial charge in [0.15, 0.2) is 0 Å². The van der Waals surface area contributed by atoms with Crippen LogP contribution in [0.3, 0.4) is 0 Å². The van der Waals surface area contributed by atoms with Crippen molar-refractivity contribution >= 4 is 5.97 Å². The zero-order chi connectivity index (χ0) is 21.6. The molecule has 162 valence electrons. The zero-order valence-electron chi connectivity index (χ0n) is 17.6. The third-order valence-electron chi connectivity index (χ3n) is 5.66. The van der Waals surface area contributed by atoms with E-state index >= 15 is 0 Å². The lowest BCUT2D eigenvalue weighted by molar-refractivity contribution is -0.0563. The standard InChI is InChI=1S/C25H27NO5/c1-17-7-5-10-19(23(17)25(27)28)14-29-21-11-6-12-22(13-21)30-15-20-16-31-24(26-20)18-8-3-2-4-9-18/h2-5,7-10,16,21-22H,6,11-15H2,1H3,(H,27,28). The van der Waals surface area contributed by atoms with Crippen molar-refractivity contribution in [1.29, 1.82) is 0 Å². The molecule has 0 amide bonds. The van der Waals surface area contributed by atoms with Crippen LogP contribution < -0.4 is 0 Å². The fraction of sp³-hybridized carbons (Fsp3) is 0.360. The molecule has 2 atom stereocenters. The number of hydrogen-bond donors (Lipinski definition) is 1. The Balaban J connectivity index is 1.29. The molecular formula is C25H27NO5. The minimum Gasteiger partial charge on any atom is -0.478 e. The van der Waals surface area contributed by atoms with Crippen LogP contribution in [-0.2, 0) is 22.7 Å². The van der Waals surface area contributed by atoms with Crippen molar-refractivity contribution in [3.05, 3.63) is 77.2 Å². The second kappa shape index (κ2) is 9.90. The molecule has 0 saturated heterocycles. The van der Waals surface area contributed by atoms with E-state index in [1.165, 1.54) is 0 Å². The highest BCUT2D eigenvalue weighted by molar-refractivity contribution is 5.91. The number of aromatic nitrogens is 1. The van der Waals surface area contributed by atoms with E-state index in [0.717, 1.165) is 42.5 Å². The Kier molecular flexibility index (Phi) is 6.79. The van der Waals surface area contributed by atoms with Crippen molar-refractivity contribution in [3.8, 4) is 11.5 Å². The molecule has 1 heterocycles. The third kappa shape index (κ3) is 5.40. The van der Waals surface area contributed by atoms with Crippen molar-refractivity contribution in [1.82, 2.24) is 4.98 Å². The first-order valence-electron chi connectivity index (χ1n) is 10.6. The molecule has 6 heteroatoms. The SMILES string of the molecule is Cc1cccc(COC2CCCC(OCc3coc(-c4ccccc4)n3)C2)c1C(=O)O. The molecule has 31 heavy (non-hydrogen) atoms. The summed E-state index contributed by atoms with van der Waals surface area (Å²) in [7, 11) is 0. The van der Waals surface area contributed by atoms with E-state index in [0.29, 0.717) is 30.2 Å². The summed E-state index contributed by atoms with van der Waals surface area (Å²) >= 11 is 0. The second-order valence-electron chi connectivity index (χ2n) is 7.96. The predicted molar refractivity (Wildman–Crippen MR) is 116 cm³/mol. The molecule has 3 aromatic rings. The molecule has 6 nitrogen and oxygen atoms in total. The molecule has 1 aliphatic carbocycles. The topological polar surface area (TPSA) is 81.8 Å². The molecule has 1 aromatic heterocycles. The summed E-state index contributed by atoms with van der Waals surface area (Å²) < 4.78 is 17.7. The number of carboxylic acids is 1. The summed E-state index contributed by atoms with van der Waals surface area (Å²) in [4.78, 5) is 16.1. The fourth-order valence-electron chi connectivity index (χ4n) is 4.06. The molecule has 2 aromatic carbocycles. The summed E-state index contributed by atoms with van der Waals surface area (Å²) in [5.41, 5.74) is 3.52. The van der Waals surface area contributed by atoms with Crippen LogP contribution in [-0.4, -0.2) is 28.3 Å². The number of carboxylic acid groups (broad SMARTS) is 1. The lowest BCUT2D eigenvalue weighted by atomic mass is 9.94. The quantitative estimate of drug-likeness (QED) is 0.525. The van der Waals surface area contributed by atoms with Crippen LogP contribution in [0, 0.1) is 6.92 Å². The van der Waals surface area contributed by atoms with Gasteiger partial charge in [0, 0.05) is 5.56 Å². The smallest absolute Gasteiger partial charge is 0.336 e. The summed E-state index contributed by atoms with van der Waals surface area (Å²) in [6.45, 7) is 2.50. The highest BCUT2D eigenvalue weighted by Gasteiger charge is 2.24. The Morgan fingerprint density at radius 3 is 2.55 bits per heavy atom. The highest BCUT2D eigenvalue weighted by Crippen LogP contribution is 2.26. The molecule has 1 fully saturated rings. The lowest BCUT2D eigenvalue weighted by Gasteiger charge is -2.29. The normalized spacial score (nSPS) is 18.7. The number of aromatic carboxylic acids is 1. The van der Waals surface area contributed by atoms with E-state index in [9.17, 15) is 9.90 Å². The number of rotatable bonds is 8. The molecule has 1 aliphatic rings. The Morgan fingerprint density at radius 1 is 1.06 bits per heavy atom. The number of hydrogen-bond acceptors (Lipinski definition) is 5. The Morgan fingerprint density at radius 2 is 1.81 bits per heavy atom. The van der Waals surface area contributed by atoms with E-state index in [-0.39, 0.29) is 12.2 Å². The van der Waals surface area contributed by atoms with E-state index in [1.807, 2.05) is 55.5 Å². The largest absolute Gasteiger partial charge is 0.478 e. The van der Waals surface area contributed by atoms with Crippen LogP contribution in [0.1, 0.15) is 52.9 Å². The van der Waals surface area contributed by atoms with Gasteiger partial charge in [-0.05, 0) is 55.9 Å². The molecule has 0 spiro atoms. The van der Waals surface area contributed by atoms with Crippen LogP contribution in [0.15, 0.2) is 59.2 Å². The maximum absolute atomic E-state index is 11.6. The van der Waals surface area contributed by atoms with Crippen LogP contribution in [0.2, 0.25) is 0 Å². The fourth-order valence-corrected chi connectivity index (χ4v) is 4.06. The molecule has 0 radical (unpaired) electrons. The number of ether oxygens (including phenoxy) is 2.